The molecule has 0 aliphatic carbocycles. The summed E-state index contributed by atoms with van der Waals surface area (Å²) in [6, 6.07) is 34.9. The molecule has 7 heteroatoms. The van der Waals surface area contributed by atoms with Crippen molar-refractivity contribution >= 4 is 31.2 Å². The zero-order valence-corrected chi connectivity index (χ0v) is 35.9. The molecule has 3 rings (SSSR count). The topological polar surface area (TPSA) is 44.8 Å². The van der Waals surface area contributed by atoms with E-state index in [0.717, 1.165) is 25.3 Å². The second-order valence-corrected chi connectivity index (χ2v) is 28.7. The van der Waals surface area contributed by atoms with Crippen LogP contribution in [-0.2, 0) is 23.2 Å². The third-order valence-corrected chi connectivity index (χ3v) is 21.5. The summed E-state index contributed by atoms with van der Waals surface area (Å²) in [4.78, 5) is 13.8. The number of hydrogen-bond acceptors (Lipinski definition) is 4. The quantitative estimate of drug-likeness (QED) is 0.0553. The molecule has 0 N–H and O–H groups in total. The molecule has 0 spiro atoms. The summed E-state index contributed by atoms with van der Waals surface area (Å²) in [5, 5.41) is 0. The first-order valence-corrected chi connectivity index (χ1v) is 28.5. The maximum Gasteiger partial charge on any atom is 0.311 e. The highest BCUT2D eigenvalue weighted by molar-refractivity contribution is 6.87. The molecule has 50 heavy (non-hydrogen) atoms. The Kier molecular flexibility index (Phi) is 16.9. The molecule has 0 bridgehead atoms. The molecule has 0 fully saturated rings. The van der Waals surface area contributed by atoms with Crippen molar-refractivity contribution in [3.63, 3.8) is 0 Å². The van der Waals surface area contributed by atoms with Gasteiger partial charge in [-0.05, 0) is 99.7 Å². The average molecular weight is 733 g/mol. The van der Waals surface area contributed by atoms with Gasteiger partial charge in [0.05, 0.1) is 12.5 Å². The highest BCUT2D eigenvalue weighted by atomic mass is 28.5. The Morgan fingerprint density at radius 1 is 0.640 bits per heavy atom. The van der Waals surface area contributed by atoms with Gasteiger partial charge >= 0.3 is 14.5 Å². The molecule has 0 heterocycles. The minimum Gasteiger partial charge on any atom is -0.465 e. The monoisotopic (exact) mass is 732 g/mol. The van der Waals surface area contributed by atoms with Crippen LogP contribution in [0.25, 0.3) is 0 Å². The number of carbonyl (C=O) groups is 1. The van der Waals surface area contributed by atoms with Crippen molar-refractivity contribution in [1.29, 1.82) is 0 Å². The van der Waals surface area contributed by atoms with Gasteiger partial charge in [-0.2, -0.15) is 0 Å². The van der Waals surface area contributed by atoms with Crippen molar-refractivity contribution in [2.75, 3.05) is 6.61 Å². The van der Waals surface area contributed by atoms with Gasteiger partial charge in [0.15, 0.2) is 16.6 Å². The Bertz CT molecular complexity index is 1340. The van der Waals surface area contributed by atoms with Crippen molar-refractivity contribution < 1.29 is 17.8 Å². The lowest BCUT2D eigenvalue weighted by Gasteiger charge is -2.40. The molecule has 4 nitrogen and oxygen atoms in total. The van der Waals surface area contributed by atoms with E-state index in [2.05, 4.69) is 151 Å². The van der Waals surface area contributed by atoms with Crippen LogP contribution in [0.1, 0.15) is 101 Å². The predicted molar refractivity (Wildman–Crippen MR) is 220 cm³/mol. The number of unbranched alkanes of at least 4 members (excludes halogenated alkanes) is 3. The van der Waals surface area contributed by atoms with E-state index in [4.69, 9.17) is 13.0 Å². The van der Waals surface area contributed by atoms with Crippen LogP contribution < -0.4 is 0 Å². The van der Waals surface area contributed by atoms with Gasteiger partial charge in [0.25, 0.3) is 0 Å². The Labute approximate surface area is 309 Å². The standard InChI is InChI=1S/C43H68O4Si3/c1-10-12-17-27-39(38-25-18-14-19-26-38)36-43(40-28-20-15-21-29-40,41-30-22-16-23-31-41)35-37(3)42(44)45-32-24-34-49(6,7)47-50(8,9)46-48(4,5)33-13-11-2/h14-16,18-23,25-26,28-31,37,39H,10-13,17,24,27,32-36H2,1-9H3. The van der Waals surface area contributed by atoms with Crippen molar-refractivity contribution in [3.8, 4) is 0 Å². The maximum atomic E-state index is 13.8. The summed E-state index contributed by atoms with van der Waals surface area (Å²) in [6.45, 7) is 20.7. The Balaban J connectivity index is 1.77. The first kappa shape index (κ1) is 42.1. The van der Waals surface area contributed by atoms with Gasteiger partial charge in [0.1, 0.15) is 0 Å². The number of rotatable bonds is 23. The van der Waals surface area contributed by atoms with Gasteiger partial charge < -0.3 is 13.0 Å². The summed E-state index contributed by atoms with van der Waals surface area (Å²) in [5.74, 6) is -0.000131. The molecule has 2 unspecified atom stereocenters. The lowest BCUT2D eigenvalue weighted by molar-refractivity contribution is -0.148. The zero-order chi connectivity index (χ0) is 36.7. The van der Waals surface area contributed by atoms with Crippen molar-refractivity contribution in [2.24, 2.45) is 5.92 Å². The molecule has 0 aliphatic heterocycles. The van der Waals surface area contributed by atoms with E-state index in [9.17, 15) is 4.79 Å². The van der Waals surface area contributed by atoms with Gasteiger partial charge in [-0.15, -0.1) is 0 Å². The molecular formula is C43H68O4Si3. The normalized spacial score (nSPS) is 13.9. The van der Waals surface area contributed by atoms with Crippen molar-refractivity contribution in [2.45, 2.75) is 141 Å². The smallest absolute Gasteiger partial charge is 0.311 e. The van der Waals surface area contributed by atoms with Gasteiger partial charge in [0, 0.05) is 5.41 Å². The molecule has 0 radical (unpaired) electrons. The SMILES string of the molecule is CCCCCC(CC(CC(C)C(=O)OCCC[Si](C)(C)O[Si](C)(C)O[Si](C)(C)CCCC)(c1ccccc1)c1ccccc1)c1ccccc1. The van der Waals surface area contributed by atoms with Crippen LogP contribution >= 0.6 is 0 Å². The minimum atomic E-state index is -2.25. The predicted octanol–water partition coefficient (Wildman–Crippen LogP) is 12.6. The molecule has 3 aromatic carbocycles. The summed E-state index contributed by atoms with van der Waals surface area (Å²) in [6.07, 6.45) is 9.61. The largest absolute Gasteiger partial charge is 0.465 e. The molecule has 276 valence electrons. The van der Waals surface area contributed by atoms with Gasteiger partial charge in [-0.25, -0.2) is 0 Å². The summed E-state index contributed by atoms with van der Waals surface area (Å²) in [5.41, 5.74) is 3.57. The van der Waals surface area contributed by atoms with Crippen LogP contribution in [-0.4, -0.2) is 37.8 Å². The zero-order valence-electron chi connectivity index (χ0n) is 32.9. The fraction of sp³-hybridized carbons (Fsp3) is 0.558. The van der Waals surface area contributed by atoms with Crippen LogP contribution in [0, 0.1) is 5.92 Å². The van der Waals surface area contributed by atoms with Gasteiger partial charge in [0.2, 0.25) is 0 Å². The van der Waals surface area contributed by atoms with E-state index in [1.807, 2.05) is 0 Å². The summed E-state index contributed by atoms with van der Waals surface area (Å²) >= 11 is 0. The van der Waals surface area contributed by atoms with Crippen LogP contribution in [0.15, 0.2) is 91.0 Å². The van der Waals surface area contributed by atoms with Crippen LogP contribution in [0.2, 0.25) is 51.4 Å². The van der Waals surface area contributed by atoms with E-state index in [1.165, 1.54) is 54.8 Å². The molecule has 0 amide bonds. The lowest BCUT2D eigenvalue weighted by atomic mass is 9.63. The highest BCUT2D eigenvalue weighted by Gasteiger charge is 2.41. The number of benzene rings is 3. The van der Waals surface area contributed by atoms with Gasteiger partial charge in [-0.3, -0.25) is 4.79 Å². The fourth-order valence-corrected chi connectivity index (χ4v) is 22.1. The molecule has 3 aromatic rings. The summed E-state index contributed by atoms with van der Waals surface area (Å²) < 4.78 is 19.6. The fourth-order valence-electron chi connectivity index (χ4n) is 7.88. The second kappa shape index (κ2) is 20.1. The summed E-state index contributed by atoms with van der Waals surface area (Å²) in [7, 11) is -5.98. The number of carbonyl (C=O) groups excluding carboxylic acids is 1. The third-order valence-electron chi connectivity index (χ3n) is 10.1. The molecule has 0 saturated carbocycles. The average Bonchev–Trinajstić information content (AvgIpc) is 3.08. The first-order chi connectivity index (χ1) is 23.7. The van der Waals surface area contributed by atoms with Crippen molar-refractivity contribution in [1.82, 2.24) is 0 Å². The first-order valence-electron chi connectivity index (χ1n) is 19.5. The van der Waals surface area contributed by atoms with Crippen LogP contribution in [0.5, 0.6) is 0 Å². The van der Waals surface area contributed by atoms with Crippen LogP contribution in [0.4, 0.5) is 0 Å². The Morgan fingerprint density at radius 3 is 1.62 bits per heavy atom. The highest BCUT2D eigenvalue weighted by Crippen LogP contribution is 2.47. The van der Waals surface area contributed by atoms with E-state index in [0.29, 0.717) is 18.9 Å². The molecule has 0 saturated heterocycles. The molecular weight excluding hydrogens is 665 g/mol. The lowest BCUT2D eigenvalue weighted by Crippen LogP contribution is -2.52. The van der Waals surface area contributed by atoms with Gasteiger partial charge in [-0.1, -0.05) is 144 Å². The molecule has 2 atom stereocenters. The second-order valence-electron chi connectivity index (χ2n) is 16.2. The van der Waals surface area contributed by atoms with E-state index in [-0.39, 0.29) is 17.3 Å². The van der Waals surface area contributed by atoms with Crippen molar-refractivity contribution in [3.05, 3.63) is 108 Å². The number of esters is 1. The Morgan fingerprint density at radius 2 is 1.12 bits per heavy atom. The third kappa shape index (κ3) is 13.7. The van der Waals surface area contributed by atoms with Crippen LogP contribution in [0.3, 0.4) is 0 Å². The minimum absolute atomic E-state index is 0.106. The van der Waals surface area contributed by atoms with E-state index in [1.54, 1.807) is 0 Å². The molecule has 0 aromatic heterocycles. The number of ether oxygens (including phenoxy) is 1. The van der Waals surface area contributed by atoms with E-state index >= 15 is 0 Å². The Hall–Kier alpha value is -2.30. The maximum absolute atomic E-state index is 13.8. The number of hydrogen-bond donors (Lipinski definition) is 0. The van der Waals surface area contributed by atoms with E-state index < -0.39 is 25.2 Å². The molecule has 0 aliphatic rings.